The molecule has 0 aliphatic carbocycles. The molecule has 12 heteroatoms. The Morgan fingerprint density at radius 3 is 1.77 bits per heavy atom. The van der Waals surface area contributed by atoms with E-state index in [9.17, 15) is 29.1 Å². The third-order valence-corrected chi connectivity index (χ3v) is 10.2. The molecular formula is C40H74N2O10. The molecule has 0 aliphatic rings. The number of nitrogens with zero attached hydrogens (tertiary/aromatic N) is 2. The second-order valence-corrected chi connectivity index (χ2v) is 14.4. The molecule has 0 aromatic rings. The molecule has 0 aliphatic heterocycles. The number of Topliss-reactive ketones (excluding diaryl/α,β-unsaturated/α-hetero) is 2. The first-order valence-electron chi connectivity index (χ1n) is 20.1. The van der Waals surface area contributed by atoms with Crippen LogP contribution in [0.15, 0.2) is 0 Å². The lowest BCUT2D eigenvalue weighted by molar-refractivity contribution is -0.147. The van der Waals surface area contributed by atoms with Crippen molar-refractivity contribution in [2.75, 3.05) is 65.8 Å². The van der Waals surface area contributed by atoms with Crippen LogP contribution in [0, 0.1) is 17.3 Å². The van der Waals surface area contributed by atoms with E-state index in [4.69, 9.17) is 19.7 Å². The lowest BCUT2D eigenvalue weighted by Gasteiger charge is -2.26. The topological polar surface area (TPSA) is 171 Å². The number of ketones is 2. The standard InChI is InChI=1S/C40H74N2O10/c1-6-9-16-34(7-2)32-51-31-33(4)35(46)17-12-10-11-15-22-40(5,8-3)36(47)20-21-39(50)52-30-26-42(25-29-45)38(49)19-14-13-18-37(48)41(23-27-43)24-28-44/h33-34,43-45H,6-32H2,1-5H3. The van der Waals surface area contributed by atoms with Crippen LogP contribution in [0.1, 0.15) is 144 Å². The Balaban J connectivity index is 4.39. The average Bonchev–Trinajstić information content (AvgIpc) is 3.13. The largest absolute Gasteiger partial charge is 0.464 e. The number of hydrogen-bond acceptors (Lipinski definition) is 10. The maximum atomic E-state index is 13.1. The maximum Gasteiger partial charge on any atom is 0.306 e. The highest BCUT2D eigenvalue weighted by molar-refractivity contribution is 5.87. The fraction of sp³-hybridized carbons (Fsp3) is 0.875. The number of ether oxygens (including phenoxy) is 2. The summed E-state index contributed by atoms with van der Waals surface area (Å²) < 4.78 is 11.2. The summed E-state index contributed by atoms with van der Waals surface area (Å²) in [5, 5.41) is 27.6. The van der Waals surface area contributed by atoms with Crippen molar-refractivity contribution in [3.8, 4) is 0 Å². The molecule has 304 valence electrons. The highest BCUT2D eigenvalue weighted by atomic mass is 16.5. The fourth-order valence-corrected chi connectivity index (χ4v) is 6.14. The van der Waals surface area contributed by atoms with Crippen LogP contribution in [-0.4, -0.2) is 120 Å². The van der Waals surface area contributed by atoms with Crippen LogP contribution in [0.5, 0.6) is 0 Å². The number of unbranched alkanes of at least 4 members (excludes halogenated alkanes) is 5. The van der Waals surface area contributed by atoms with E-state index in [1.54, 1.807) is 0 Å². The maximum absolute atomic E-state index is 13.1. The molecule has 0 spiro atoms. The molecule has 0 aromatic heterocycles. The van der Waals surface area contributed by atoms with E-state index in [-0.39, 0.29) is 108 Å². The van der Waals surface area contributed by atoms with Gasteiger partial charge in [0.15, 0.2) is 0 Å². The molecule has 0 heterocycles. The minimum atomic E-state index is -0.527. The van der Waals surface area contributed by atoms with Crippen molar-refractivity contribution in [1.29, 1.82) is 0 Å². The summed E-state index contributed by atoms with van der Waals surface area (Å²) >= 11 is 0. The predicted molar refractivity (Wildman–Crippen MR) is 202 cm³/mol. The molecule has 0 radical (unpaired) electrons. The van der Waals surface area contributed by atoms with E-state index in [1.165, 1.54) is 29.1 Å². The monoisotopic (exact) mass is 743 g/mol. The summed E-state index contributed by atoms with van der Waals surface area (Å²) in [7, 11) is 0. The van der Waals surface area contributed by atoms with Gasteiger partial charge in [0.2, 0.25) is 11.8 Å². The number of amides is 2. The molecule has 52 heavy (non-hydrogen) atoms. The zero-order valence-corrected chi connectivity index (χ0v) is 33.3. The molecule has 0 bridgehead atoms. The van der Waals surface area contributed by atoms with Crippen LogP contribution in [-0.2, 0) is 33.4 Å². The minimum Gasteiger partial charge on any atom is -0.464 e. The van der Waals surface area contributed by atoms with Crippen LogP contribution in [0.3, 0.4) is 0 Å². The molecule has 3 unspecified atom stereocenters. The Morgan fingerprint density at radius 1 is 0.673 bits per heavy atom. The first-order valence-corrected chi connectivity index (χ1v) is 20.1. The van der Waals surface area contributed by atoms with Gasteiger partial charge in [0.25, 0.3) is 0 Å². The number of hydrogen-bond donors (Lipinski definition) is 3. The van der Waals surface area contributed by atoms with Gasteiger partial charge in [-0.2, -0.15) is 0 Å². The summed E-state index contributed by atoms with van der Waals surface area (Å²) in [5.41, 5.74) is -0.527. The highest BCUT2D eigenvalue weighted by Crippen LogP contribution is 2.31. The van der Waals surface area contributed by atoms with Crippen molar-refractivity contribution in [3.63, 3.8) is 0 Å². The summed E-state index contributed by atoms with van der Waals surface area (Å²) in [6, 6.07) is 0. The molecule has 0 fully saturated rings. The number of carbonyl (C=O) groups is 5. The van der Waals surface area contributed by atoms with Gasteiger partial charge in [-0.3, -0.25) is 24.0 Å². The van der Waals surface area contributed by atoms with Crippen LogP contribution < -0.4 is 0 Å². The van der Waals surface area contributed by atoms with Crippen molar-refractivity contribution in [2.45, 2.75) is 144 Å². The van der Waals surface area contributed by atoms with E-state index >= 15 is 0 Å². The molecule has 0 saturated heterocycles. The number of esters is 1. The molecule has 2 amide bonds. The Kier molecular flexibility index (Phi) is 29.6. The smallest absolute Gasteiger partial charge is 0.306 e. The number of aliphatic hydroxyl groups is 3. The molecule has 0 saturated carbocycles. The summed E-state index contributed by atoms with van der Waals surface area (Å²) in [6.45, 7) is 11.3. The minimum absolute atomic E-state index is 0.0300. The third-order valence-electron chi connectivity index (χ3n) is 10.2. The van der Waals surface area contributed by atoms with Crippen LogP contribution in [0.4, 0.5) is 0 Å². The van der Waals surface area contributed by atoms with Crippen molar-refractivity contribution in [1.82, 2.24) is 9.80 Å². The Morgan fingerprint density at radius 2 is 1.23 bits per heavy atom. The fourth-order valence-electron chi connectivity index (χ4n) is 6.14. The molecule has 3 N–H and O–H groups in total. The van der Waals surface area contributed by atoms with Gasteiger partial charge in [0, 0.05) is 63.3 Å². The van der Waals surface area contributed by atoms with E-state index in [2.05, 4.69) is 13.8 Å². The zero-order chi connectivity index (χ0) is 39.2. The zero-order valence-electron chi connectivity index (χ0n) is 33.3. The number of rotatable bonds is 35. The van der Waals surface area contributed by atoms with Crippen LogP contribution >= 0.6 is 0 Å². The highest BCUT2D eigenvalue weighted by Gasteiger charge is 2.30. The third kappa shape index (κ3) is 22.6. The van der Waals surface area contributed by atoms with Gasteiger partial charge in [-0.1, -0.05) is 73.1 Å². The van der Waals surface area contributed by atoms with Gasteiger partial charge in [-0.05, 0) is 44.4 Å². The van der Waals surface area contributed by atoms with Crippen molar-refractivity contribution in [3.05, 3.63) is 0 Å². The molecule has 12 nitrogen and oxygen atoms in total. The Bertz CT molecular complexity index is 987. The van der Waals surface area contributed by atoms with E-state index in [0.29, 0.717) is 38.2 Å². The van der Waals surface area contributed by atoms with Gasteiger partial charge in [0.1, 0.15) is 18.2 Å². The van der Waals surface area contributed by atoms with E-state index in [1.807, 2.05) is 20.8 Å². The lowest BCUT2D eigenvalue weighted by atomic mass is 9.76. The van der Waals surface area contributed by atoms with Gasteiger partial charge in [-0.25, -0.2) is 0 Å². The SMILES string of the molecule is CCCCC(CC)COCC(C)C(=O)CCCCCCC(C)(CC)C(=O)CCC(=O)OCCN(CCO)C(=O)CCCCC(=O)N(CCO)CCO. The van der Waals surface area contributed by atoms with Crippen LogP contribution in [0.25, 0.3) is 0 Å². The molecule has 0 rings (SSSR count). The summed E-state index contributed by atoms with van der Waals surface area (Å²) in [4.78, 5) is 65.9. The normalized spacial score (nSPS) is 13.6. The average molecular weight is 743 g/mol. The van der Waals surface area contributed by atoms with Crippen molar-refractivity contribution >= 4 is 29.4 Å². The Labute approximate surface area is 314 Å². The number of carbonyl (C=O) groups excluding carboxylic acids is 5. The van der Waals surface area contributed by atoms with E-state index in [0.717, 1.165) is 45.1 Å². The predicted octanol–water partition coefficient (Wildman–Crippen LogP) is 5.27. The van der Waals surface area contributed by atoms with Crippen molar-refractivity contribution < 1.29 is 48.8 Å². The summed E-state index contributed by atoms with van der Waals surface area (Å²) in [5.74, 6) is -0.175. The van der Waals surface area contributed by atoms with Crippen molar-refractivity contribution in [2.24, 2.45) is 17.3 Å². The second-order valence-electron chi connectivity index (χ2n) is 14.4. The quantitative estimate of drug-likeness (QED) is 0.0574. The van der Waals surface area contributed by atoms with E-state index < -0.39 is 11.4 Å². The second kappa shape index (κ2) is 31.0. The lowest BCUT2D eigenvalue weighted by Crippen LogP contribution is -2.37. The van der Waals surface area contributed by atoms with Gasteiger partial charge >= 0.3 is 5.97 Å². The first kappa shape index (κ1) is 49.6. The molecule has 3 atom stereocenters. The van der Waals surface area contributed by atoms with Gasteiger partial charge in [-0.15, -0.1) is 0 Å². The summed E-state index contributed by atoms with van der Waals surface area (Å²) in [6.07, 6.45) is 11.5. The van der Waals surface area contributed by atoms with Crippen LogP contribution in [0.2, 0.25) is 0 Å². The number of aliphatic hydroxyl groups excluding tert-OH is 3. The molecule has 0 aromatic carbocycles. The van der Waals surface area contributed by atoms with Gasteiger partial charge < -0.3 is 34.6 Å². The molecular weight excluding hydrogens is 668 g/mol. The Hall–Kier alpha value is -2.41. The first-order chi connectivity index (χ1) is 24.9. The van der Waals surface area contributed by atoms with Gasteiger partial charge in [0.05, 0.1) is 39.4 Å².